The largest absolute Gasteiger partial charge is 0.253 e. The van der Waals surface area contributed by atoms with Gasteiger partial charge in [-0.3, -0.25) is 19.9 Å². The van der Waals surface area contributed by atoms with Crippen LogP contribution in [0.4, 0.5) is 0 Å². The summed E-state index contributed by atoms with van der Waals surface area (Å²) >= 11 is 6.56. The first-order valence-corrected chi connectivity index (χ1v) is 18.2. The van der Waals surface area contributed by atoms with Crippen molar-refractivity contribution in [2.45, 2.75) is 132 Å². The number of hydrogen-bond donors (Lipinski definition) is 0. The Kier molecular flexibility index (Phi) is 30.3. The van der Waals surface area contributed by atoms with Crippen LogP contribution in [0, 0.1) is 42.4 Å². The molecule has 0 amide bonds. The third-order valence-electron chi connectivity index (χ3n) is 2.01. The Morgan fingerprint density at radius 2 is 0.953 bits per heavy atom. The van der Waals surface area contributed by atoms with Crippen molar-refractivity contribution in [3.63, 3.8) is 0 Å². The van der Waals surface area contributed by atoms with Crippen LogP contribution in [0.2, 0.25) is 0 Å². The summed E-state index contributed by atoms with van der Waals surface area (Å²) in [5.74, 6) is 0. The Bertz CT molecular complexity index is 830. The van der Waals surface area contributed by atoms with Crippen molar-refractivity contribution in [1.29, 1.82) is 0 Å². The van der Waals surface area contributed by atoms with Gasteiger partial charge in [-0.2, -0.15) is 0 Å². The minimum absolute atomic E-state index is 0.500. The van der Waals surface area contributed by atoms with Crippen molar-refractivity contribution in [3.8, 4) is 0 Å². The van der Waals surface area contributed by atoms with E-state index in [2.05, 4.69) is 131 Å². The molecule has 0 spiro atoms. The van der Waals surface area contributed by atoms with Gasteiger partial charge in [0.25, 0.3) is 0 Å². The maximum Gasteiger partial charge on any atom is 0.0893 e. The predicted octanol–water partition coefficient (Wildman–Crippen LogP) is 13.7. The lowest BCUT2D eigenvalue weighted by molar-refractivity contribution is 0.469. The van der Waals surface area contributed by atoms with Gasteiger partial charge in [-0.1, -0.05) is 111 Å². The maximum absolute atomic E-state index is 3.94. The quantitative estimate of drug-likeness (QED) is 0.187. The highest BCUT2D eigenvalue weighted by atomic mass is 32.1. The maximum atomic E-state index is 3.94. The topological polar surface area (TPSA) is 51.6 Å². The van der Waals surface area contributed by atoms with E-state index in [1.807, 2.05) is 54.1 Å². The molecule has 0 aliphatic heterocycles. The number of hydrogen-bond acceptors (Lipinski definition) is 8. The molecule has 0 aromatic carbocycles. The van der Waals surface area contributed by atoms with Gasteiger partial charge in [0.1, 0.15) is 0 Å². The Morgan fingerprint density at radius 3 is 1.05 bits per heavy atom. The highest BCUT2D eigenvalue weighted by Gasteiger charge is 1.97. The van der Waals surface area contributed by atoms with Crippen molar-refractivity contribution in [2.24, 2.45) is 21.7 Å². The molecule has 4 rings (SSSR count). The van der Waals surface area contributed by atoms with E-state index in [4.69, 9.17) is 0 Å². The number of rotatable bonds is 0. The van der Waals surface area contributed by atoms with E-state index >= 15 is 0 Å². The van der Waals surface area contributed by atoms with E-state index < -0.39 is 0 Å². The van der Waals surface area contributed by atoms with E-state index in [9.17, 15) is 0 Å². The minimum atomic E-state index is 0.500. The van der Waals surface area contributed by atoms with Crippen molar-refractivity contribution in [1.82, 2.24) is 19.9 Å². The van der Waals surface area contributed by atoms with E-state index in [0.29, 0.717) is 21.7 Å². The molecule has 4 aromatic rings. The van der Waals surface area contributed by atoms with Crippen molar-refractivity contribution in [2.75, 3.05) is 0 Å². The summed E-state index contributed by atoms with van der Waals surface area (Å²) in [4.78, 5) is 16.7. The van der Waals surface area contributed by atoms with Gasteiger partial charge >= 0.3 is 0 Å². The zero-order valence-corrected chi connectivity index (χ0v) is 34.4. The van der Waals surface area contributed by atoms with Crippen LogP contribution >= 0.6 is 45.3 Å². The highest BCUT2D eigenvalue weighted by Crippen LogP contribution is 2.09. The van der Waals surface area contributed by atoms with Crippen molar-refractivity contribution >= 4 is 45.3 Å². The molecule has 0 radical (unpaired) electrons. The van der Waals surface area contributed by atoms with Crippen molar-refractivity contribution in [3.05, 3.63) is 66.8 Å². The number of aromatic nitrogens is 4. The van der Waals surface area contributed by atoms with E-state index in [0.717, 1.165) is 10.7 Å². The first-order chi connectivity index (χ1) is 19.2. The molecule has 43 heavy (non-hydrogen) atoms. The summed E-state index contributed by atoms with van der Waals surface area (Å²) in [5.41, 5.74) is 8.56. The van der Waals surface area contributed by atoms with Gasteiger partial charge in [0.05, 0.1) is 21.5 Å². The second-order valence-corrected chi connectivity index (χ2v) is 19.6. The molecular weight excluding hydrogens is 605 g/mol. The zero-order chi connectivity index (χ0) is 34.8. The van der Waals surface area contributed by atoms with Crippen LogP contribution in [0.3, 0.4) is 0 Å². The zero-order valence-electron chi connectivity index (χ0n) is 31.1. The Hall–Kier alpha value is -1.48. The molecule has 0 aliphatic rings. The molecule has 8 heteroatoms. The summed E-state index contributed by atoms with van der Waals surface area (Å²) in [5, 5.41) is 7.05. The highest BCUT2D eigenvalue weighted by molar-refractivity contribution is 7.09. The van der Waals surface area contributed by atoms with Crippen LogP contribution in [0.25, 0.3) is 0 Å². The molecule has 4 nitrogen and oxygen atoms in total. The lowest BCUT2D eigenvalue weighted by Crippen LogP contribution is -1.93. The fourth-order valence-electron chi connectivity index (χ4n) is 1.02. The standard InChI is InChI=1S/4C5H12.3C4H5NS.C3H3NS/c4*1-5(2,3)4;1-4-2-6-3-5-4;1-4-2-5-3-6-4;1-4-5-2-3-6-4;1-2-5-3-4-1/h4*1-4H3;3*2-3H,1H3;1-3H. The van der Waals surface area contributed by atoms with Gasteiger partial charge in [0.15, 0.2) is 0 Å². The van der Waals surface area contributed by atoms with Crippen LogP contribution in [0.5, 0.6) is 0 Å². The third kappa shape index (κ3) is 100. The van der Waals surface area contributed by atoms with Crippen molar-refractivity contribution < 1.29 is 0 Å². The SMILES string of the molecule is CC(C)(C)C.CC(C)(C)C.CC(C)(C)C.CC(C)(C)C.Cc1cncs1.Cc1cscn1.Cc1nccs1.c1cscn1. The monoisotopic (exact) mass is 670 g/mol. The Balaban J connectivity index is -0.000000203. The van der Waals surface area contributed by atoms with Crippen LogP contribution in [0.15, 0.2) is 51.3 Å². The number of nitrogens with zero attached hydrogens (tertiary/aromatic N) is 4. The Morgan fingerprint density at radius 1 is 0.488 bits per heavy atom. The van der Waals surface area contributed by atoms with Crippen LogP contribution < -0.4 is 0 Å². The summed E-state index contributed by atoms with van der Waals surface area (Å²) < 4.78 is 0. The molecule has 0 fully saturated rings. The van der Waals surface area contributed by atoms with Crippen LogP contribution in [-0.4, -0.2) is 19.9 Å². The van der Waals surface area contributed by atoms with E-state index in [-0.39, 0.29) is 0 Å². The normalized spacial score (nSPS) is 10.2. The summed E-state index contributed by atoms with van der Waals surface area (Å²) in [6.07, 6.45) is 5.43. The molecule has 250 valence electrons. The number of thiazole rings is 4. The van der Waals surface area contributed by atoms with Gasteiger partial charge in [-0.05, 0) is 42.4 Å². The molecule has 4 aromatic heterocycles. The molecule has 0 N–H and O–H groups in total. The van der Waals surface area contributed by atoms with Gasteiger partial charge < -0.3 is 0 Å². The fourth-order valence-corrected chi connectivity index (χ4v) is 2.77. The molecule has 0 aliphatic carbocycles. The second-order valence-electron chi connectivity index (χ2n) is 16.0. The molecule has 0 saturated heterocycles. The first-order valence-electron chi connectivity index (χ1n) is 14.6. The third-order valence-corrected chi connectivity index (χ3v) is 4.65. The molecular formula is C35H66N4S4. The molecule has 0 unspecified atom stereocenters. The summed E-state index contributed by atoms with van der Waals surface area (Å²) in [7, 11) is 0. The van der Waals surface area contributed by atoms with Gasteiger partial charge in [0, 0.05) is 45.3 Å². The number of aryl methyl sites for hydroxylation is 3. The summed E-state index contributed by atoms with van der Waals surface area (Å²) in [6.45, 7) is 41.0. The lowest BCUT2D eigenvalue weighted by Gasteiger charge is -2.05. The molecule has 4 heterocycles. The van der Waals surface area contributed by atoms with Gasteiger partial charge in [0.2, 0.25) is 0 Å². The smallest absolute Gasteiger partial charge is 0.0893 e. The Labute approximate surface area is 283 Å². The van der Waals surface area contributed by atoms with E-state index in [1.54, 1.807) is 63.3 Å². The average molecular weight is 671 g/mol. The fraction of sp³-hybridized carbons (Fsp3) is 0.657. The second kappa shape index (κ2) is 26.9. The average Bonchev–Trinajstić information content (AvgIpc) is 3.55. The van der Waals surface area contributed by atoms with Crippen LogP contribution in [0.1, 0.15) is 126 Å². The van der Waals surface area contributed by atoms with E-state index in [1.165, 1.54) is 4.88 Å². The first kappa shape index (κ1) is 48.4. The molecule has 0 saturated carbocycles. The minimum Gasteiger partial charge on any atom is -0.253 e. The molecule has 0 bridgehead atoms. The van der Waals surface area contributed by atoms with Gasteiger partial charge in [-0.15, -0.1) is 45.3 Å². The predicted molar refractivity (Wildman–Crippen MR) is 203 cm³/mol. The van der Waals surface area contributed by atoms with Crippen LogP contribution in [-0.2, 0) is 0 Å². The molecule has 0 atom stereocenters. The van der Waals surface area contributed by atoms with Gasteiger partial charge in [-0.25, -0.2) is 0 Å². The lowest BCUT2D eigenvalue weighted by atomic mass is 10.0. The summed E-state index contributed by atoms with van der Waals surface area (Å²) in [6, 6.07) is 0.